The van der Waals surface area contributed by atoms with Gasteiger partial charge in [0, 0.05) is 29.7 Å². The number of morpholine rings is 1. The minimum atomic E-state index is -0.352. The van der Waals surface area contributed by atoms with Crippen LogP contribution in [0.2, 0.25) is 0 Å². The predicted octanol–water partition coefficient (Wildman–Crippen LogP) is 1.56. The number of hydrogen-bond donors (Lipinski definition) is 1. The third-order valence-electron chi connectivity index (χ3n) is 5.23. The second-order valence-electron chi connectivity index (χ2n) is 6.50. The molecule has 122 valence electrons. The van der Waals surface area contributed by atoms with Crippen molar-refractivity contribution in [1.82, 2.24) is 0 Å². The molecule has 0 bridgehead atoms. The molecule has 0 radical (unpaired) electrons. The van der Waals surface area contributed by atoms with Gasteiger partial charge in [-0.15, -0.1) is 0 Å². The zero-order chi connectivity index (χ0) is 15.9. The molecule has 2 heterocycles. The van der Waals surface area contributed by atoms with E-state index in [1.54, 1.807) is 12.1 Å². The fourth-order valence-corrected chi connectivity index (χ4v) is 4.09. The Balaban J connectivity index is 1.75. The SMILES string of the molecule is O=[N+]([O-])c1ccc2c(c1)C=C1CCCC[C@@]1([NH+]1CCOCC1)O2. The van der Waals surface area contributed by atoms with E-state index in [4.69, 9.17) is 9.47 Å². The van der Waals surface area contributed by atoms with Gasteiger partial charge in [-0.1, -0.05) is 0 Å². The molecule has 6 nitrogen and oxygen atoms in total. The molecular formula is C17H21N2O4+. The third-order valence-corrected chi connectivity index (χ3v) is 5.23. The number of nitrogens with zero attached hydrogens (tertiary/aromatic N) is 1. The van der Waals surface area contributed by atoms with Crippen LogP contribution in [0.25, 0.3) is 6.08 Å². The molecule has 1 aliphatic carbocycles. The van der Waals surface area contributed by atoms with Crippen molar-refractivity contribution in [1.29, 1.82) is 0 Å². The van der Waals surface area contributed by atoms with Crippen LogP contribution < -0.4 is 9.64 Å². The number of non-ortho nitro benzene ring substituents is 1. The van der Waals surface area contributed by atoms with E-state index in [2.05, 4.69) is 6.08 Å². The molecule has 2 aliphatic heterocycles. The van der Waals surface area contributed by atoms with E-state index in [0.29, 0.717) is 0 Å². The molecule has 1 aromatic carbocycles. The summed E-state index contributed by atoms with van der Waals surface area (Å²) in [4.78, 5) is 12.1. The lowest BCUT2D eigenvalue weighted by molar-refractivity contribution is -0.975. The number of fused-ring (bicyclic) bond motifs is 2. The van der Waals surface area contributed by atoms with Gasteiger partial charge in [0.1, 0.15) is 18.8 Å². The number of nitrogens with one attached hydrogen (secondary N) is 1. The Morgan fingerprint density at radius 3 is 2.83 bits per heavy atom. The smallest absolute Gasteiger partial charge is 0.270 e. The van der Waals surface area contributed by atoms with Crippen molar-refractivity contribution in [3.63, 3.8) is 0 Å². The average molecular weight is 317 g/mol. The van der Waals surface area contributed by atoms with Crippen molar-refractivity contribution in [3.05, 3.63) is 39.4 Å². The van der Waals surface area contributed by atoms with Crippen molar-refractivity contribution in [2.45, 2.75) is 31.4 Å². The van der Waals surface area contributed by atoms with Gasteiger partial charge < -0.3 is 9.47 Å². The first-order valence-corrected chi connectivity index (χ1v) is 8.30. The molecule has 0 aromatic heterocycles. The molecule has 0 unspecified atom stereocenters. The second-order valence-corrected chi connectivity index (χ2v) is 6.50. The number of quaternary nitrogens is 1. The summed E-state index contributed by atoms with van der Waals surface area (Å²) in [5.74, 6) is 0.764. The highest BCUT2D eigenvalue weighted by Gasteiger charge is 2.50. The molecule has 1 saturated heterocycles. The van der Waals surface area contributed by atoms with E-state index in [1.807, 2.05) is 0 Å². The molecular weight excluding hydrogens is 296 g/mol. The number of hydrogen-bond acceptors (Lipinski definition) is 4. The Labute approximate surface area is 134 Å². The zero-order valence-electron chi connectivity index (χ0n) is 13.0. The van der Waals surface area contributed by atoms with Crippen LogP contribution in [0.3, 0.4) is 0 Å². The lowest BCUT2D eigenvalue weighted by Gasteiger charge is -2.47. The Kier molecular flexibility index (Phi) is 3.58. The van der Waals surface area contributed by atoms with Crippen LogP contribution in [0, 0.1) is 10.1 Å². The fraction of sp³-hybridized carbons (Fsp3) is 0.529. The normalized spacial score (nSPS) is 27.4. The molecule has 2 fully saturated rings. The Hall–Kier alpha value is -1.92. The largest absolute Gasteiger partial charge is 0.436 e. The van der Waals surface area contributed by atoms with Crippen LogP contribution in [-0.2, 0) is 4.74 Å². The van der Waals surface area contributed by atoms with Crippen molar-refractivity contribution < 1.29 is 19.3 Å². The number of ether oxygens (including phenoxy) is 2. The highest BCUT2D eigenvalue weighted by molar-refractivity contribution is 5.66. The van der Waals surface area contributed by atoms with Crippen LogP contribution >= 0.6 is 0 Å². The summed E-state index contributed by atoms with van der Waals surface area (Å²) >= 11 is 0. The van der Waals surface area contributed by atoms with E-state index < -0.39 is 0 Å². The summed E-state index contributed by atoms with van der Waals surface area (Å²) in [6.07, 6.45) is 6.46. The highest BCUT2D eigenvalue weighted by atomic mass is 16.6. The first-order valence-electron chi connectivity index (χ1n) is 8.30. The Morgan fingerprint density at radius 1 is 1.22 bits per heavy atom. The van der Waals surface area contributed by atoms with Crippen LogP contribution in [0.1, 0.15) is 31.2 Å². The maximum absolute atomic E-state index is 11.0. The van der Waals surface area contributed by atoms with Gasteiger partial charge in [-0.25, -0.2) is 0 Å². The van der Waals surface area contributed by atoms with Gasteiger partial charge in [0.15, 0.2) is 0 Å². The van der Waals surface area contributed by atoms with Gasteiger partial charge in [-0.2, -0.15) is 0 Å². The van der Waals surface area contributed by atoms with Crippen LogP contribution in [0.15, 0.2) is 23.8 Å². The minimum absolute atomic E-state index is 0.117. The molecule has 1 aromatic rings. The molecule has 0 spiro atoms. The maximum Gasteiger partial charge on any atom is 0.270 e. The summed E-state index contributed by atoms with van der Waals surface area (Å²) < 4.78 is 12.0. The summed E-state index contributed by atoms with van der Waals surface area (Å²) in [5.41, 5.74) is 1.93. The van der Waals surface area contributed by atoms with Crippen molar-refractivity contribution >= 4 is 11.8 Å². The second kappa shape index (κ2) is 5.62. The van der Waals surface area contributed by atoms with E-state index >= 15 is 0 Å². The molecule has 23 heavy (non-hydrogen) atoms. The third kappa shape index (κ3) is 2.42. The Bertz CT molecular complexity index is 667. The number of benzene rings is 1. The molecule has 3 aliphatic rings. The number of nitro groups is 1. The topological polar surface area (TPSA) is 66.0 Å². The van der Waals surface area contributed by atoms with Gasteiger partial charge in [0.2, 0.25) is 0 Å². The molecule has 6 heteroatoms. The maximum atomic E-state index is 11.0. The van der Waals surface area contributed by atoms with Gasteiger partial charge >= 0.3 is 0 Å². The molecule has 1 atom stereocenters. The zero-order valence-corrected chi connectivity index (χ0v) is 13.0. The molecule has 1 N–H and O–H groups in total. The molecule has 1 saturated carbocycles. The summed E-state index contributed by atoms with van der Waals surface area (Å²) in [7, 11) is 0. The van der Waals surface area contributed by atoms with Gasteiger partial charge in [-0.3, -0.25) is 15.0 Å². The summed E-state index contributed by atoms with van der Waals surface area (Å²) in [6.45, 7) is 3.42. The van der Waals surface area contributed by atoms with E-state index in [-0.39, 0.29) is 16.3 Å². The fourth-order valence-electron chi connectivity index (χ4n) is 4.09. The van der Waals surface area contributed by atoms with Gasteiger partial charge in [-0.05, 0) is 31.4 Å². The first kappa shape index (κ1) is 14.7. The lowest BCUT2D eigenvalue weighted by Crippen LogP contribution is -3.23. The van der Waals surface area contributed by atoms with Crippen LogP contribution in [0.5, 0.6) is 5.75 Å². The quantitative estimate of drug-likeness (QED) is 0.664. The van der Waals surface area contributed by atoms with Crippen molar-refractivity contribution in [2.24, 2.45) is 0 Å². The lowest BCUT2D eigenvalue weighted by atomic mass is 9.82. The molecule has 0 amide bonds. The van der Waals surface area contributed by atoms with Crippen LogP contribution in [-0.4, -0.2) is 37.0 Å². The predicted molar refractivity (Wildman–Crippen MR) is 84.4 cm³/mol. The summed E-state index contributed by atoms with van der Waals surface area (Å²) in [6, 6.07) is 4.90. The summed E-state index contributed by atoms with van der Waals surface area (Å²) in [5, 5.41) is 11.0. The van der Waals surface area contributed by atoms with E-state index in [9.17, 15) is 10.1 Å². The van der Waals surface area contributed by atoms with Gasteiger partial charge in [0.25, 0.3) is 11.4 Å². The number of nitro benzene ring substituents is 1. The highest BCUT2D eigenvalue weighted by Crippen LogP contribution is 2.41. The minimum Gasteiger partial charge on any atom is -0.436 e. The van der Waals surface area contributed by atoms with E-state index in [1.165, 1.54) is 16.5 Å². The van der Waals surface area contributed by atoms with Crippen LogP contribution in [0.4, 0.5) is 5.69 Å². The van der Waals surface area contributed by atoms with Crippen molar-refractivity contribution in [2.75, 3.05) is 26.3 Å². The number of rotatable bonds is 2. The molecule has 4 rings (SSSR count). The van der Waals surface area contributed by atoms with Crippen molar-refractivity contribution in [3.8, 4) is 5.75 Å². The average Bonchev–Trinajstić information content (AvgIpc) is 2.60. The van der Waals surface area contributed by atoms with Gasteiger partial charge in [0.05, 0.1) is 18.1 Å². The monoisotopic (exact) mass is 317 g/mol. The standard InChI is InChI=1S/C17H20N2O4/c20-19(21)15-4-5-16-13(12-15)11-14-3-1-2-6-17(14,23-16)18-7-9-22-10-8-18/h4-5,11-12H,1-3,6-10H2/p+1/t17-/m1/s1. The Morgan fingerprint density at radius 2 is 2.04 bits per heavy atom. The first-order chi connectivity index (χ1) is 11.2. The van der Waals surface area contributed by atoms with E-state index in [0.717, 1.165) is 63.3 Å².